The van der Waals surface area contributed by atoms with E-state index in [2.05, 4.69) is 0 Å². The van der Waals surface area contributed by atoms with Crippen LogP contribution in [0.5, 0.6) is 5.75 Å². The first kappa shape index (κ1) is 9.77. The maximum Gasteiger partial charge on any atom is 0.176 e. The van der Waals surface area contributed by atoms with Crippen molar-refractivity contribution in [2.45, 2.75) is 13.8 Å². The summed E-state index contributed by atoms with van der Waals surface area (Å²) >= 11 is 0. The molecular weight excluding hydrogens is 192 g/mol. The molecule has 0 bridgehead atoms. The van der Waals surface area contributed by atoms with Crippen molar-refractivity contribution in [1.29, 1.82) is 0 Å². The Hall–Kier alpha value is -1.77. The SMILES string of the molecule is COc1c(C(C)=O)ccc2cc(C)oc12. The quantitative estimate of drug-likeness (QED) is 0.706. The fraction of sp³-hybridized carbons (Fsp3) is 0.250. The molecule has 0 aliphatic heterocycles. The molecule has 0 aliphatic rings. The molecule has 0 radical (unpaired) electrons. The summed E-state index contributed by atoms with van der Waals surface area (Å²) in [6, 6.07) is 5.55. The number of rotatable bonds is 2. The van der Waals surface area contributed by atoms with Gasteiger partial charge in [0, 0.05) is 5.39 Å². The Morgan fingerprint density at radius 1 is 1.40 bits per heavy atom. The molecule has 1 heterocycles. The van der Waals surface area contributed by atoms with E-state index in [9.17, 15) is 4.79 Å². The first-order valence-corrected chi connectivity index (χ1v) is 4.71. The fourth-order valence-electron chi connectivity index (χ4n) is 1.69. The molecule has 0 atom stereocenters. The van der Waals surface area contributed by atoms with E-state index in [1.807, 2.05) is 19.1 Å². The number of hydrogen-bond acceptors (Lipinski definition) is 3. The molecule has 0 amide bonds. The number of methoxy groups -OCH3 is 1. The molecule has 3 nitrogen and oxygen atoms in total. The zero-order chi connectivity index (χ0) is 11.0. The van der Waals surface area contributed by atoms with Gasteiger partial charge >= 0.3 is 0 Å². The molecule has 0 N–H and O–H groups in total. The van der Waals surface area contributed by atoms with Crippen LogP contribution in [0.15, 0.2) is 22.6 Å². The highest BCUT2D eigenvalue weighted by Gasteiger charge is 2.14. The third kappa shape index (κ3) is 1.50. The molecule has 0 fully saturated rings. The average Bonchev–Trinajstić information content (AvgIpc) is 2.55. The van der Waals surface area contributed by atoms with Crippen LogP contribution in [0.1, 0.15) is 23.0 Å². The summed E-state index contributed by atoms with van der Waals surface area (Å²) in [5, 5.41) is 0.953. The number of carbonyl (C=O) groups is 1. The van der Waals surface area contributed by atoms with Crippen molar-refractivity contribution in [2.24, 2.45) is 0 Å². The maximum atomic E-state index is 11.4. The number of fused-ring (bicyclic) bond motifs is 1. The van der Waals surface area contributed by atoms with Crippen LogP contribution in [0, 0.1) is 6.92 Å². The van der Waals surface area contributed by atoms with Crippen molar-refractivity contribution in [3.63, 3.8) is 0 Å². The molecule has 15 heavy (non-hydrogen) atoms. The summed E-state index contributed by atoms with van der Waals surface area (Å²) in [5.74, 6) is 1.31. The summed E-state index contributed by atoms with van der Waals surface area (Å²) in [4.78, 5) is 11.4. The minimum Gasteiger partial charge on any atom is -0.492 e. The predicted molar refractivity (Wildman–Crippen MR) is 57.5 cm³/mol. The Labute approximate surface area is 87.6 Å². The maximum absolute atomic E-state index is 11.4. The lowest BCUT2D eigenvalue weighted by molar-refractivity contribution is 0.101. The van der Waals surface area contributed by atoms with Crippen molar-refractivity contribution < 1.29 is 13.9 Å². The van der Waals surface area contributed by atoms with Gasteiger partial charge in [-0.05, 0) is 26.0 Å². The van der Waals surface area contributed by atoms with Crippen molar-refractivity contribution in [3.05, 3.63) is 29.5 Å². The number of benzene rings is 1. The van der Waals surface area contributed by atoms with E-state index in [1.54, 1.807) is 13.2 Å². The van der Waals surface area contributed by atoms with E-state index in [0.717, 1.165) is 11.1 Å². The minimum atomic E-state index is -0.0252. The number of ketones is 1. The molecule has 3 heteroatoms. The van der Waals surface area contributed by atoms with Crippen molar-refractivity contribution >= 4 is 16.8 Å². The van der Waals surface area contributed by atoms with Crippen molar-refractivity contribution in [1.82, 2.24) is 0 Å². The number of aryl methyl sites for hydroxylation is 1. The smallest absolute Gasteiger partial charge is 0.176 e. The molecule has 1 aromatic heterocycles. The van der Waals surface area contributed by atoms with Crippen LogP contribution in [0.25, 0.3) is 11.0 Å². The van der Waals surface area contributed by atoms with Gasteiger partial charge in [-0.25, -0.2) is 0 Å². The van der Waals surface area contributed by atoms with Gasteiger partial charge < -0.3 is 9.15 Å². The Morgan fingerprint density at radius 3 is 2.73 bits per heavy atom. The van der Waals surface area contributed by atoms with Gasteiger partial charge in [0.05, 0.1) is 12.7 Å². The summed E-state index contributed by atoms with van der Waals surface area (Å²) in [5.41, 5.74) is 1.20. The van der Waals surface area contributed by atoms with Gasteiger partial charge in [0.25, 0.3) is 0 Å². The zero-order valence-electron chi connectivity index (χ0n) is 8.96. The Bertz CT molecular complexity index is 523. The summed E-state index contributed by atoms with van der Waals surface area (Å²) < 4.78 is 10.7. The highest BCUT2D eigenvalue weighted by atomic mass is 16.5. The molecule has 0 unspecified atom stereocenters. The van der Waals surface area contributed by atoms with Gasteiger partial charge in [0.1, 0.15) is 5.76 Å². The number of hydrogen-bond donors (Lipinski definition) is 0. The number of Topliss-reactive ketones (excluding diaryl/α,β-unsaturated/α-hetero) is 1. The lowest BCUT2D eigenvalue weighted by atomic mass is 10.1. The van der Waals surface area contributed by atoms with E-state index in [4.69, 9.17) is 9.15 Å². The van der Waals surface area contributed by atoms with Crippen LogP contribution in [0.2, 0.25) is 0 Å². The number of carbonyl (C=O) groups excluding carboxylic acids is 1. The standard InChI is InChI=1S/C12H12O3/c1-7-6-9-4-5-10(8(2)13)12(14-3)11(9)15-7/h4-6H,1-3H3. The van der Waals surface area contributed by atoms with Crippen LogP contribution in [0.3, 0.4) is 0 Å². The highest BCUT2D eigenvalue weighted by Crippen LogP contribution is 2.32. The topological polar surface area (TPSA) is 39.4 Å². The Balaban J connectivity index is 2.80. The zero-order valence-corrected chi connectivity index (χ0v) is 8.96. The first-order chi connectivity index (χ1) is 7.13. The first-order valence-electron chi connectivity index (χ1n) is 4.71. The summed E-state index contributed by atoms with van der Waals surface area (Å²) in [6.07, 6.45) is 0. The highest BCUT2D eigenvalue weighted by molar-refractivity contribution is 6.02. The van der Waals surface area contributed by atoms with E-state index >= 15 is 0 Å². The van der Waals surface area contributed by atoms with Gasteiger partial charge in [-0.3, -0.25) is 4.79 Å². The summed E-state index contributed by atoms with van der Waals surface area (Å²) in [6.45, 7) is 3.38. The second-order valence-electron chi connectivity index (χ2n) is 3.48. The van der Waals surface area contributed by atoms with E-state index < -0.39 is 0 Å². The van der Waals surface area contributed by atoms with Crippen LogP contribution in [0.4, 0.5) is 0 Å². The van der Waals surface area contributed by atoms with E-state index in [1.165, 1.54) is 6.92 Å². The average molecular weight is 204 g/mol. The normalized spacial score (nSPS) is 10.6. The van der Waals surface area contributed by atoms with Crippen LogP contribution in [-0.4, -0.2) is 12.9 Å². The van der Waals surface area contributed by atoms with Crippen LogP contribution in [-0.2, 0) is 0 Å². The van der Waals surface area contributed by atoms with Crippen molar-refractivity contribution in [2.75, 3.05) is 7.11 Å². The van der Waals surface area contributed by atoms with Crippen LogP contribution >= 0.6 is 0 Å². The van der Waals surface area contributed by atoms with Gasteiger partial charge in [-0.1, -0.05) is 6.07 Å². The molecule has 1 aromatic carbocycles. The van der Waals surface area contributed by atoms with Crippen molar-refractivity contribution in [3.8, 4) is 5.75 Å². The molecular formula is C12H12O3. The lowest BCUT2D eigenvalue weighted by Gasteiger charge is -2.05. The number of ether oxygens (including phenoxy) is 1. The van der Waals surface area contributed by atoms with Gasteiger partial charge in [0.2, 0.25) is 0 Å². The van der Waals surface area contributed by atoms with Gasteiger partial charge in [0.15, 0.2) is 17.1 Å². The molecule has 78 valence electrons. The van der Waals surface area contributed by atoms with E-state index in [-0.39, 0.29) is 5.78 Å². The molecule has 0 saturated heterocycles. The monoisotopic (exact) mass is 204 g/mol. The third-order valence-corrected chi connectivity index (χ3v) is 2.35. The lowest BCUT2D eigenvalue weighted by Crippen LogP contribution is -1.97. The second kappa shape index (κ2) is 3.42. The number of furan rings is 1. The minimum absolute atomic E-state index is 0.0252. The molecule has 2 aromatic rings. The molecule has 0 saturated carbocycles. The van der Waals surface area contributed by atoms with Gasteiger partial charge in [-0.2, -0.15) is 0 Å². The Morgan fingerprint density at radius 2 is 2.13 bits per heavy atom. The Kier molecular flexibility index (Phi) is 2.23. The fourth-order valence-corrected chi connectivity index (χ4v) is 1.69. The van der Waals surface area contributed by atoms with Crippen LogP contribution < -0.4 is 4.74 Å². The van der Waals surface area contributed by atoms with E-state index in [0.29, 0.717) is 16.9 Å². The molecule has 0 aliphatic carbocycles. The molecule has 0 spiro atoms. The largest absolute Gasteiger partial charge is 0.492 e. The predicted octanol–water partition coefficient (Wildman–Crippen LogP) is 2.95. The third-order valence-electron chi connectivity index (χ3n) is 2.35. The molecule has 2 rings (SSSR count). The summed E-state index contributed by atoms with van der Waals surface area (Å²) in [7, 11) is 1.54. The second-order valence-corrected chi connectivity index (χ2v) is 3.48. The van der Waals surface area contributed by atoms with Gasteiger partial charge in [-0.15, -0.1) is 0 Å².